The third kappa shape index (κ3) is 2.85. The van der Waals surface area contributed by atoms with Crippen LogP contribution >= 0.6 is 0 Å². The number of benzene rings is 2. The molecule has 0 saturated carbocycles. The van der Waals surface area contributed by atoms with Crippen LogP contribution in [0.4, 0.5) is 14.5 Å². The molecule has 4 nitrogen and oxygen atoms in total. The van der Waals surface area contributed by atoms with Crippen molar-refractivity contribution >= 4 is 11.7 Å². The lowest BCUT2D eigenvalue weighted by Crippen LogP contribution is -2.02. The maximum absolute atomic E-state index is 13.1. The average Bonchev–Trinajstić information content (AvgIpc) is 2.44. The van der Waals surface area contributed by atoms with Crippen molar-refractivity contribution in [1.82, 2.24) is 0 Å². The molecule has 2 aromatic carbocycles. The van der Waals surface area contributed by atoms with Crippen molar-refractivity contribution in [2.24, 2.45) is 0 Å². The van der Waals surface area contributed by atoms with Crippen LogP contribution in [0.3, 0.4) is 0 Å². The molecule has 0 aliphatic rings. The number of nitrogens with two attached hydrogens (primary N) is 1. The molecule has 0 aliphatic carbocycles. The van der Waals surface area contributed by atoms with E-state index in [1.807, 2.05) is 0 Å². The zero-order chi connectivity index (χ0) is 14.7. The van der Waals surface area contributed by atoms with Gasteiger partial charge >= 0.3 is 5.97 Å². The molecule has 2 aromatic rings. The summed E-state index contributed by atoms with van der Waals surface area (Å²) in [6, 6.07) is 7.40. The Balaban J connectivity index is 2.25. The minimum atomic E-state index is -1.02. The Morgan fingerprint density at radius 1 is 1.10 bits per heavy atom. The molecule has 6 heteroatoms. The van der Waals surface area contributed by atoms with Crippen LogP contribution in [0.25, 0.3) is 0 Å². The normalized spacial score (nSPS) is 10.2. The number of anilines is 1. The van der Waals surface area contributed by atoms with Crippen LogP contribution in [0.5, 0.6) is 11.5 Å². The number of carbonyl (C=O) groups is 1. The Labute approximate surface area is 113 Å². The maximum Gasteiger partial charge on any atom is 0.337 e. The second kappa shape index (κ2) is 5.56. The monoisotopic (exact) mass is 279 g/mol. The van der Waals surface area contributed by atoms with Crippen LogP contribution in [0.1, 0.15) is 10.4 Å². The first-order chi connectivity index (χ1) is 9.51. The largest absolute Gasteiger partial charge is 0.465 e. The highest BCUT2D eigenvalue weighted by molar-refractivity contribution is 5.90. The Morgan fingerprint density at radius 2 is 1.85 bits per heavy atom. The molecule has 20 heavy (non-hydrogen) atoms. The molecule has 2 rings (SSSR count). The standard InChI is InChI=1S/C14H11F2NO3/c1-19-14(18)8-2-5-13(12(17)6-8)20-9-3-4-10(15)11(16)7-9/h2-7H,17H2,1H3. The summed E-state index contributed by atoms with van der Waals surface area (Å²) in [5, 5.41) is 0. The van der Waals surface area contributed by atoms with Crippen molar-refractivity contribution in [2.45, 2.75) is 0 Å². The number of hydrogen-bond donors (Lipinski definition) is 1. The van der Waals surface area contributed by atoms with Gasteiger partial charge in [0.05, 0.1) is 18.4 Å². The summed E-state index contributed by atoms with van der Waals surface area (Å²) in [5.41, 5.74) is 6.17. The van der Waals surface area contributed by atoms with E-state index in [0.29, 0.717) is 0 Å². The lowest BCUT2D eigenvalue weighted by Gasteiger charge is -2.09. The zero-order valence-corrected chi connectivity index (χ0v) is 10.5. The van der Waals surface area contributed by atoms with Gasteiger partial charge in [-0.2, -0.15) is 0 Å². The van der Waals surface area contributed by atoms with Crippen LogP contribution in [0, 0.1) is 11.6 Å². The van der Waals surface area contributed by atoms with Gasteiger partial charge in [0.25, 0.3) is 0 Å². The Hall–Kier alpha value is -2.63. The first-order valence-corrected chi connectivity index (χ1v) is 5.62. The highest BCUT2D eigenvalue weighted by Crippen LogP contribution is 2.29. The number of nitrogen functional groups attached to an aromatic ring is 1. The Morgan fingerprint density at radius 3 is 2.45 bits per heavy atom. The Bertz CT molecular complexity index is 659. The van der Waals surface area contributed by atoms with Crippen molar-refractivity contribution in [1.29, 1.82) is 0 Å². The first-order valence-electron chi connectivity index (χ1n) is 5.62. The van der Waals surface area contributed by atoms with Gasteiger partial charge in [-0.15, -0.1) is 0 Å². The summed E-state index contributed by atoms with van der Waals surface area (Å²) in [6.45, 7) is 0. The molecule has 0 aliphatic heterocycles. The van der Waals surface area contributed by atoms with Crippen molar-refractivity contribution < 1.29 is 23.0 Å². The molecule has 104 valence electrons. The van der Waals surface area contributed by atoms with Crippen molar-refractivity contribution in [2.75, 3.05) is 12.8 Å². The van der Waals surface area contributed by atoms with Crippen LogP contribution in [-0.4, -0.2) is 13.1 Å². The fourth-order valence-electron chi connectivity index (χ4n) is 1.55. The molecule has 0 heterocycles. The van der Waals surface area contributed by atoms with E-state index >= 15 is 0 Å². The quantitative estimate of drug-likeness (QED) is 0.692. The van der Waals surface area contributed by atoms with E-state index in [4.69, 9.17) is 10.5 Å². The fourth-order valence-corrected chi connectivity index (χ4v) is 1.55. The molecule has 0 spiro atoms. The second-order valence-electron chi connectivity index (χ2n) is 3.92. The first kappa shape index (κ1) is 13.8. The van der Waals surface area contributed by atoms with Gasteiger partial charge in [0, 0.05) is 6.07 Å². The van der Waals surface area contributed by atoms with Gasteiger partial charge in [-0.3, -0.25) is 0 Å². The van der Waals surface area contributed by atoms with Crippen LogP contribution in [0.15, 0.2) is 36.4 Å². The average molecular weight is 279 g/mol. The van der Waals surface area contributed by atoms with Crippen LogP contribution in [0.2, 0.25) is 0 Å². The molecule has 0 fully saturated rings. The molecular formula is C14H11F2NO3. The second-order valence-corrected chi connectivity index (χ2v) is 3.92. The van der Waals surface area contributed by atoms with Gasteiger partial charge in [0.2, 0.25) is 0 Å². The van der Waals surface area contributed by atoms with Crippen molar-refractivity contribution in [3.63, 3.8) is 0 Å². The lowest BCUT2D eigenvalue weighted by molar-refractivity contribution is 0.0601. The van der Waals surface area contributed by atoms with Gasteiger partial charge in [-0.1, -0.05) is 0 Å². The molecule has 0 aromatic heterocycles. The summed E-state index contributed by atoms with van der Waals surface area (Å²) in [5.74, 6) is -2.19. The van der Waals surface area contributed by atoms with E-state index < -0.39 is 17.6 Å². The van der Waals surface area contributed by atoms with E-state index in [2.05, 4.69) is 4.74 Å². The maximum atomic E-state index is 13.1. The number of esters is 1. The fraction of sp³-hybridized carbons (Fsp3) is 0.0714. The molecule has 0 saturated heterocycles. The van der Waals surface area contributed by atoms with E-state index in [1.54, 1.807) is 0 Å². The summed E-state index contributed by atoms with van der Waals surface area (Å²) in [7, 11) is 1.25. The third-order valence-electron chi connectivity index (χ3n) is 2.55. The summed E-state index contributed by atoms with van der Waals surface area (Å²) in [6.07, 6.45) is 0. The summed E-state index contributed by atoms with van der Waals surface area (Å²) < 4.78 is 35.7. The topological polar surface area (TPSA) is 61.5 Å². The highest BCUT2D eigenvalue weighted by Gasteiger charge is 2.10. The molecule has 0 bridgehead atoms. The van der Waals surface area contributed by atoms with Crippen LogP contribution < -0.4 is 10.5 Å². The Kier molecular flexibility index (Phi) is 3.84. The number of carbonyl (C=O) groups excluding carboxylic acids is 1. The predicted octanol–water partition coefficient (Wildman–Crippen LogP) is 3.13. The lowest BCUT2D eigenvalue weighted by atomic mass is 10.2. The van der Waals surface area contributed by atoms with E-state index in [1.165, 1.54) is 31.4 Å². The number of methoxy groups -OCH3 is 1. The molecular weight excluding hydrogens is 268 g/mol. The van der Waals surface area contributed by atoms with E-state index in [9.17, 15) is 13.6 Å². The van der Waals surface area contributed by atoms with E-state index in [-0.39, 0.29) is 22.7 Å². The van der Waals surface area contributed by atoms with E-state index in [0.717, 1.165) is 12.1 Å². The molecule has 0 unspecified atom stereocenters. The predicted molar refractivity (Wildman–Crippen MR) is 68.6 cm³/mol. The zero-order valence-electron chi connectivity index (χ0n) is 10.5. The van der Waals surface area contributed by atoms with Gasteiger partial charge in [0.1, 0.15) is 11.5 Å². The number of ether oxygens (including phenoxy) is 2. The molecule has 0 atom stereocenters. The summed E-state index contributed by atoms with van der Waals surface area (Å²) in [4.78, 5) is 11.3. The van der Waals surface area contributed by atoms with Gasteiger partial charge in [0.15, 0.2) is 11.6 Å². The smallest absolute Gasteiger partial charge is 0.337 e. The summed E-state index contributed by atoms with van der Waals surface area (Å²) >= 11 is 0. The number of rotatable bonds is 3. The van der Waals surface area contributed by atoms with Crippen LogP contribution in [-0.2, 0) is 4.74 Å². The minimum absolute atomic E-state index is 0.0985. The third-order valence-corrected chi connectivity index (χ3v) is 2.55. The number of halogens is 2. The van der Waals surface area contributed by atoms with Gasteiger partial charge < -0.3 is 15.2 Å². The SMILES string of the molecule is COC(=O)c1ccc(Oc2ccc(F)c(F)c2)c(N)c1. The molecule has 0 radical (unpaired) electrons. The van der Waals surface area contributed by atoms with Crippen molar-refractivity contribution in [3.05, 3.63) is 53.6 Å². The highest BCUT2D eigenvalue weighted by atomic mass is 19.2. The van der Waals surface area contributed by atoms with Gasteiger partial charge in [-0.05, 0) is 30.3 Å². The van der Waals surface area contributed by atoms with Crippen molar-refractivity contribution in [3.8, 4) is 11.5 Å². The molecule has 2 N–H and O–H groups in total. The number of hydrogen-bond acceptors (Lipinski definition) is 4. The minimum Gasteiger partial charge on any atom is -0.465 e. The molecule has 0 amide bonds. The van der Waals surface area contributed by atoms with Gasteiger partial charge in [-0.25, -0.2) is 13.6 Å².